The van der Waals surface area contributed by atoms with E-state index in [1.807, 2.05) is 0 Å². The summed E-state index contributed by atoms with van der Waals surface area (Å²) in [6, 6.07) is 0.629. The van der Waals surface area contributed by atoms with Crippen molar-refractivity contribution in [1.82, 2.24) is 9.80 Å². The Hall–Kier alpha value is -0.610. The van der Waals surface area contributed by atoms with Gasteiger partial charge in [0.1, 0.15) is 0 Å². The summed E-state index contributed by atoms with van der Waals surface area (Å²) >= 11 is 0. The van der Waals surface area contributed by atoms with Crippen LogP contribution in [0.5, 0.6) is 0 Å². The molecule has 0 radical (unpaired) electrons. The molecule has 2 fully saturated rings. The fourth-order valence-corrected chi connectivity index (χ4v) is 2.84. The van der Waals surface area contributed by atoms with E-state index in [0.29, 0.717) is 24.9 Å². The number of rotatable bonds is 3. The normalized spacial score (nSPS) is 26.6. The number of hydrogen-bond acceptors (Lipinski definition) is 3. The molecule has 0 saturated carbocycles. The molecule has 92 valence electrons. The molecule has 0 aromatic rings. The van der Waals surface area contributed by atoms with Crippen LogP contribution in [-0.4, -0.2) is 54.5 Å². The zero-order valence-electron chi connectivity index (χ0n) is 10.0. The van der Waals surface area contributed by atoms with Crippen LogP contribution < -0.4 is 5.73 Å². The SMILES string of the molecule is NCCCC(=O)N1CCCN2CCCC2C1. The molecule has 1 atom stereocenters. The first kappa shape index (κ1) is 11.9. The first-order valence-electron chi connectivity index (χ1n) is 6.53. The molecule has 4 heteroatoms. The number of carbonyl (C=O) groups excluding carboxylic acids is 1. The molecule has 0 bridgehead atoms. The summed E-state index contributed by atoms with van der Waals surface area (Å²) in [4.78, 5) is 16.6. The van der Waals surface area contributed by atoms with Gasteiger partial charge in [0.25, 0.3) is 0 Å². The molecule has 4 nitrogen and oxygen atoms in total. The van der Waals surface area contributed by atoms with Crippen LogP contribution in [0, 0.1) is 0 Å². The first-order valence-corrected chi connectivity index (χ1v) is 6.53. The molecule has 0 aromatic heterocycles. The van der Waals surface area contributed by atoms with Crippen LogP contribution in [0.2, 0.25) is 0 Å². The molecule has 0 aromatic carbocycles. The van der Waals surface area contributed by atoms with E-state index in [2.05, 4.69) is 9.80 Å². The van der Waals surface area contributed by atoms with Crippen molar-refractivity contribution in [1.29, 1.82) is 0 Å². The number of nitrogens with zero attached hydrogens (tertiary/aromatic N) is 2. The number of carbonyl (C=O) groups is 1. The Labute approximate surface area is 97.8 Å². The summed E-state index contributed by atoms with van der Waals surface area (Å²) in [7, 11) is 0. The Kier molecular flexibility index (Phi) is 4.18. The molecule has 1 unspecified atom stereocenters. The number of fused-ring (bicyclic) bond motifs is 1. The molecule has 2 aliphatic rings. The third kappa shape index (κ3) is 2.74. The van der Waals surface area contributed by atoms with Crippen LogP contribution in [0.4, 0.5) is 0 Å². The van der Waals surface area contributed by atoms with E-state index in [4.69, 9.17) is 5.73 Å². The van der Waals surface area contributed by atoms with E-state index in [9.17, 15) is 4.79 Å². The highest BCUT2D eigenvalue weighted by Gasteiger charge is 2.30. The molecular formula is C12H23N3O. The lowest BCUT2D eigenvalue weighted by molar-refractivity contribution is -0.131. The summed E-state index contributed by atoms with van der Waals surface area (Å²) in [5.74, 6) is 0.305. The third-order valence-electron chi connectivity index (χ3n) is 3.75. The predicted molar refractivity (Wildman–Crippen MR) is 64.1 cm³/mol. The molecule has 2 heterocycles. The second-order valence-electron chi connectivity index (χ2n) is 4.92. The van der Waals surface area contributed by atoms with Crippen molar-refractivity contribution in [2.75, 3.05) is 32.7 Å². The Balaban J connectivity index is 1.87. The van der Waals surface area contributed by atoms with Gasteiger partial charge < -0.3 is 10.6 Å². The average Bonchev–Trinajstić information content (AvgIpc) is 2.63. The van der Waals surface area contributed by atoms with E-state index < -0.39 is 0 Å². The van der Waals surface area contributed by atoms with Gasteiger partial charge >= 0.3 is 0 Å². The third-order valence-corrected chi connectivity index (χ3v) is 3.75. The Morgan fingerprint density at radius 1 is 1.25 bits per heavy atom. The maximum absolute atomic E-state index is 12.0. The van der Waals surface area contributed by atoms with E-state index >= 15 is 0 Å². The Bertz CT molecular complexity index is 244. The first-order chi connectivity index (χ1) is 7.81. The largest absolute Gasteiger partial charge is 0.341 e. The minimum atomic E-state index is 0.305. The van der Waals surface area contributed by atoms with Gasteiger partial charge in [-0.1, -0.05) is 0 Å². The molecule has 0 spiro atoms. The summed E-state index contributed by atoms with van der Waals surface area (Å²) in [5.41, 5.74) is 5.44. The number of amides is 1. The average molecular weight is 225 g/mol. The molecule has 16 heavy (non-hydrogen) atoms. The van der Waals surface area contributed by atoms with Gasteiger partial charge in [0.2, 0.25) is 5.91 Å². The van der Waals surface area contributed by atoms with Crippen molar-refractivity contribution in [2.24, 2.45) is 5.73 Å². The maximum atomic E-state index is 12.0. The van der Waals surface area contributed by atoms with Crippen molar-refractivity contribution < 1.29 is 4.79 Å². The van der Waals surface area contributed by atoms with E-state index in [1.165, 1.54) is 25.9 Å². The lowest BCUT2D eigenvalue weighted by Crippen LogP contribution is -2.39. The second kappa shape index (κ2) is 5.64. The van der Waals surface area contributed by atoms with Crippen LogP contribution in [0.1, 0.15) is 32.1 Å². The highest BCUT2D eigenvalue weighted by atomic mass is 16.2. The molecule has 2 N–H and O–H groups in total. The van der Waals surface area contributed by atoms with Crippen LogP contribution in [0.25, 0.3) is 0 Å². The standard InChI is InChI=1S/C12H23N3O/c13-6-1-5-12(16)15-9-3-8-14-7-2-4-11(14)10-15/h11H,1-10,13H2. The van der Waals surface area contributed by atoms with Gasteiger partial charge in [0.05, 0.1) is 0 Å². The van der Waals surface area contributed by atoms with Gasteiger partial charge in [-0.3, -0.25) is 9.69 Å². The molecule has 2 aliphatic heterocycles. The molecule has 1 amide bonds. The highest BCUT2D eigenvalue weighted by Crippen LogP contribution is 2.21. The monoisotopic (exact) mass is 225 g/mol. The van der Waals surface area contributed by atoms with Crippen molar-refractivity contribution in [3.05, 3.63) is 0 Å². The van der Waals surface area contributed by atoms with Gasteiger partial charge in [-0.15, -0.1) is 0 Å². The minimum absolute atomic E-state index is 0.305. The summed E-state index contributed by atoms with van der Waals surface area (Å²) in [6.45, 7) is 4.91. The molecule has 0 aliphatic carbocycles. The maximum Gasteiger partial charge on any atom is 0.222 e. The molecular weight excluding hydrogens is 202 g/mol. The molecule has 2 saturated heterocycles. The van der Waals surface area contributed by atoms with Crippen LogP contribution in [0.3, 0.4) is 0 Å². The summed E-state index contributed by atoms with van der Waals surface area (Å²) in [5, 5.41) is 0. The lowest BCUT2D eigenvalue weighted by atomic mass is 10.2. The van der Waals surface area contributed by atoms with Crippen molar-refractivity contribution in [3.63, 3.8) is 0 Å². The number of hydrogen-bond donors (Lipinski definition) is 1. The predicted octanol–water partition coefficient (Wildman–Crippen LogP) is 0.422. The fraction of sp³-hybridized carbons (Fsp3) is 0.917. The van der Waals surface area contributed by atoms with Crippen molar-refractivity contribution >= 4 is 5.91 Å². The minimum Gasteiger partial charge on any atom is -0.341 e. The van der Waals surface area contributed by atoms with Gasteiger partial charge in [-0.05, 0) is 38.8 Å². The Morgan fingerprint density at radius 2 is 2.06 bits per heavy atom. The van der Waals surface area contributed by atoms with E-state index in [1.54, 1.807) is 0 Å². The van der Waals surface area contributed by atoms with Crippen molar-refractivity contribution in [2.45, 2.75) is 38.1 Å². The lowest BCUT2D eigenvalue weighted by Gasteiger charge is -2.25. The quantitative estimate of drug-likeness (QED) is 0.757. The van der Waals surface area contributed by atoms with Gasteiger partial charge in [0.15, 0.2) is 0 Å². The summed E-state index contributed by atoms with van der Waals surface area (Å²) in [6.07, 6.45) is 5.15. The number of nitrogens with two attached hydrogens (primary N) is 1. The van der Waals surface area contributed by atoms with Gasteiger partial charge in [-0.25, -0.2) is 0 Å². The highest BCUT2D eigenvalue weighted by molar-refractivity contribution is 5.76. The zero-order valence-corrected chi connectivity index (χ0v) is 10.0. The van der Waals surface area contributed by atoms with Gasteiger partial charge in [0, 0.05) is 32.1 Å². The van der Waals surface area contributed by atoms with Crippen LogP contribution >= 0.6 is 0 Å². The van der Waals surface area contributed by atoms with E-state index in [-0.39, 0.29) is 0 Å². The van der Waals surface area contributed by atoms with E-state index in [0.717, 1.165) is 25.9 Å². The second-order valence-corrected chi connectivity index (χ2v) is 4.92. The van der Waals surface area contributed by atoms with Crippen LogP contribution in [-0.2, 0) is 4.79 Å². The summed E-state index contributed by atoms with van der Waals surface area (Å²) < 4.78 is 0. The van der Waals surface area contributed by atoms with Crippen molar-refractivity contribution in [3.8, 4) is 0 Å². The zero-order chi connectivity index (χ0) is 11.4. The molecule has 2 rings (SSSR count). The Morgan fingerprint density at radius 3 is 2.88 bits per heavy atom. The smallest absolute Gasteiger partial charge is 0.222 e. The van der Waals surface area contributed by atoms with Crippen LogP contribution in [0.15, 0.2) is 0 Å². The fourth-order valence-electron chi connectivity index (χ4n) is 2.84. The van der Waals surface area contributed by atoms with Gasteiger partial charge in [-0.2, -0.15) is 0 Å². The topological polar surface area (TPSA) is 49.6 Å².